The summed E-state index contributed by atoms with van der Waals surface area (Å²) in [6, 6.07) is 13.5. The number of benzene rings is 2. The minimum atomic E-state index is -0.464. The second-order valence-corrected chi connectivity index (χ2v) is 8.76. The van der Waals surface area contributed by atoms with E-state index in [4.69, 9.17) is 0 Å². The van der Waals surface area contributed by atoms with E-state index in [9.17, 15) is 9.18 Å². The molecule has 1 saturated heterocycles. The molecule has 0 radical (unpaired) electrons. The van der Waals surface area contributed by atoms with Crippen molar-refractivity contribution in [2.45, 2.75) is 32.2 Å². The topological polar surface area (TPSA) is 49.3 Å². The van der Waals surface area contributed by atoms with Crippen molar-refractivity contribution in [3.8, 4) is 0 Å². The van der Waals surface area contributed by atoms with Gasteiger partial charge in [-0.25, -0.2) is 4.39 Å². The number of aromatic nitrogens is 2. The van der Waals surface area contributed by atoms with Crippen LogP contribution in [0.25, 0.3) is 10.8 Å². The van der Waals surface area contributed by atoms with Crippen molar-refractivity contribution < 1.29 is 9.18 Å². The summed E-state index contributed by atoms with van der Waals surface area (Å²) in [7, 11) is 0. The Labute approximate surface area is 181 Å². The summed E-state index contributed by atoms with van der Waals surface area (Å²) in [5, 5.41) is 10.4. The van der Waals surface area contributed by atoms with E-state index in [2.05, 4.69) is 22.0 Å². The molecule has 2 heterocycles. The van der Waals surface area contributed by atoms with E-state index in [-0.39, 0.29) is 11.5 Å². The first-order chi connectivity index (χ1) is 15.1. The molecule has 0 N–H and O–H groups in total. The van der Waals surface area contributed by atoms with Gasteiger partial charge in [0, 0.05) is 48.8 Å². The number of hydrogen-bond acceptors (Lipinski definition) is 4. The van der Waals surface area contributed by atoms with Crippen molar-refractivity contribution >= 4 is 16.7 Å². The fourth-order valence-corrected chi connectivity index (χ4v) is 4.59. The Morgan fingerprint density at radius 3 is 2.77 bits per heavy atom. The van der Waals surface area contributed by atoms with Crippen molar-refractivity contribution in [2.75, 3.05) is 26.2 Å². The van der Waals surface area contributed by atoms with Crippen molar-refractivity contribution in [1.29, 1.82) is 0 Å². The molecule has 1 aliphatic carbocycles. The van der Waals surface area contributed by atoms with Crippen LogP contribution in [-0.4, -0.2) is 58.1 Å². The van der Waals surface area contributed by atoms with Crippen LogP contribution in [0.1, 0.15) is 41.4 Å². The minimum absolute atomic E-state index is 0.152. The van der Waals surface area contributed by atoms with Gasteiger partial charge in [-0.1, -0.05) is 37.3 Å². The third-order valence-corrected chi connectivity index (χ3v) is 6.49. The Kier molecular flexibility index (Phi) is 5.40. The van der Waals surface area contributed by atoms with Gasteiger partial charge in [0.05, 0.1) is 17.5 Å². The molecule has 5 rings (SSSR count). The summed E-state index contributed by atoms with van der Waals surface area (Å²) in [6.07, 6.45) is 4.83. The van der Waals surface area contributed by atoms with Crippen molar-refractivity contribution in [3.63, 3.8) is 0 Å². The molecule has 0 spiro atoms. The van der Waals surface area contributed by atoms with Crippen LogP contribution in [0.2, 0.25) is 0 Å². The molecule has 0 bridgehead atoms. The minimum Gasteiger partial charge on any atom is -0.338 e. The summed E-state index contributed by atoms with van der Waals surface area (Å²) in [6.45, 7) is 5.71. The van der Waals surface area contributed by atoms with Gasteiger partial charge in [0.2, 0.25) is 0 Å². The van der Waals surface area contributed by atoms with Gasteiger partial charge >= 0.3 is 0 Å². The number of carbonyl (C=O) groups is 1. The molecule has 1 saturated carbocycles. The van der Waals surface area contributed by atoms with E-state index in [1.165, 1.54) is 18.9 Å². The maximum Gasteiger partial charge on any atom is 0.256 e. The van der Waals surface area contributed by atoms with E-state index in [0.29, 0.717) is 25.4 Å². The monoisotopic (exact) mass is 418 g/mol. The van der Waals surface area contributed by atoms with E-state index >= 15 is 0 Å². The summed E-state index contributed by atoms with van der Waals surface area (Å²) in [5.74, 6) is -0.190. The van der Waals surface area contributed by atoms with Crippen molar-refractivity contribution in [3.05, 3.63) is 71.3 Å². The van der Waals surface area contributed by atoms with Crippen LogP contribution < -0.4 is 0 Å². The van der Waals surface area contributed by atoms with Crippen LogP contribution in [0.4, 0.5) is 4.39 Å². The van der Waals surface area contributed by atoms with Gasteiger partial charge in [-0.05, 0) is 37.1 Å². The highest BCUT2D eigenvalue weighted by Crippen LogP contribution is 2.29. The maximum absolute atomic E-state index is 14.5. The van der Waals surface area contributed by atoms with Gasteiger partial charge in [-0.2, -0.15) is 10.2 Å². The van der Waals surface area contributed by atoms with Crippen LogP contribution in [0.5, 0.6) is 0 Å². The maximum atomic E-state index is 14.5. The van der Waals surface area contributed by atoms with E-state index < -0.39 is 5.82 Å². The fraction of sp³-hybridized carbons (Fsp3) is 0.400. The molecule has 6 heteroatoms. The van der Waals surface area contributed by atoms with Gasteiger partial charge in [0.1, 0.15) is 5.82 Å². The fourth-order valence-electron chi connectivity index (χ4n) is 4.59. The van der Waals surface area contributed by atoms with E-state index in [0.717, 1.165) is 41.2 Å². The smallest absolute Gasteiger partial charge is 0.256 e. The second-order valence-electron chi connectivity index (χ2n) is 8.76. The Morgan fingerprint density at radius 2 is 2.00 bits per heavy atom. The second kappa shape index (κ2) is 8.35. The molecule has 2 fully saturated rings. The molecule has 31 heavy (non-hydrogen) atoms. The lowest BCUT2D eigenvalue weighted by Gasteiger charge is -2.41. The lowest BCUT2D eigenvalue weighted by molar-refractivity contribution is 0.0406. The number of likely N-dealkylation sites (tertiary alicyclic amines) is 1. The third kappa shape index (κ3) is 4.17. The molecule has 0 unspecified atom stereocenters. The molecule has 0 atom stereocenters. The highest BCUT2D eigenvalue weighted by atomic mass is 19.1. The Morgan fingerprint density at radius 1 is 1.19 bits per heavy atom. The van der Waals surface area contributed by atoms with Crippen molar-refractivity contribution in [2.24, 2.45) is 5.92 Å². The largest absolute Gasteiger partial charge is 0.338 e. The zero-order valence-corrected chi connectivity index (χ0v) is 17.8. The number of nitrogens with zero attached hydrogens (tertiary/aromatic N) is 4. The van der Waals surface area contributed by atoms with Crippen LogP contribution in [-0.2, 0) is 6.42 Å². The van der Waals surface area contributed by atoms with E-state index in [1.54, 1.807) is 23.2 Å². The number of rotatable bonds is 7. The summed E-state index contributed by atoms with van der Waals surface area (Å²) >= 11 is 0. The third-order valence-electron chi connectivity index (χ3n) is 6.49. The molecule has 1 amide bonds. The van der Waals surface area contributed by atoms with Gasteiger partial charge < -0.3 is 9.80 Å². The first kappa shape index (κ1) is 20.1. The highest BCUT2D eigenvalue weighted by Gasteiger charge is 2.36. The molecule has 1 aromatic heterocycles. The zero-order valence-electron chi connectivity index (χ0n) is 17.8. The molecule has 2 aliphatic rings. The predicted octanol–water partition coefficient (Wildman–Crippen LogP) is 3.92. The summed E-state index contributed by atoms with van der Waals surface area (Å²) in [5.41, 5.74) is 1.84. The number of halogens is 1. The number of hydrogen-bond donors (Lipinski definition) is 0. The van der Waals surface area contributed by atoms with Crippen LogP contribution >= 0.6 is 0 Å². The quantitative estimate of drug-likeness (QED) is 0.584. The first-order valence-corrected chi connectivity index (χ1v) is 11.1. The molecule has 3 aromatic rings. The summed E-state index contributed by atoms with van der Waals surface area (Å²) in [4.78, 5) is 17.2. The Bertz CT molecular complexity index is 1100. The number of fused-ring (bicyclic) bond motifs is 1. The normalized spacial score (nSPS) is 16.7. The molecular formula is C25H27FN4O. The predicted molar refractivity (Wildman–Crippen MR) is 118 cm³/mol. The lowest BCUT2D eigenvalue weighted by atomic mass is 9.96. The van der Waals surface area contributed by atoms with Crippen LogP contribution in [0, 0.1) is 11.7 Å². The van der Waals surface area contributed by atoms with Gasteiger partial charge in [0.25, 0.3) is 5.91 Å². The average molecular weight is 419 g/mol. The summed E-state index contributed by atoms with van der Waals surface area (Å²) < 4.78 is 14.5. The van der Waals surface area contributed by atoms with Gasteiger partial charge in [0.15, 0.2) is 0 Å². The SMILES string of the molecule is CCN(CC1CN(C(=O)c2cc(Cc3nncc4ccccc34)ccc2F)C1)C1CC1. The molecule has 2 aromatic carbocycles. The molecule has 160 valence electrons. The van der Waals surface area contributed by atoms with E-state index in [1.807, 2.05) is 24.3 Å². The number of carbonyl (C=O) groups excluding carboxylic acids is 1. The van der Waals surface area contributed by atoms with Gasteiger partial charge in [-0.15, -0.1) is 0 Å². The van der Waals surface area contributed by atoms with Crippen molar-refractivity contribution in [1.82, 2.24) is 20.0 Å². The molecule has 1 aliphatic heterocycles. The number of amides is 1. The Balaban J connectivity index is 1.28. The molecule has 5 nitrogen and oxygen atoms in total. The first-order valence-electron chi connectivity index (χ1n) is 11.1. The average Bonchev–Trinajstić information content (AvgIpc) is 3.59. The molecular weight excluding hydrogens is 391 g/mol. The van der Waals surface area contributed by atoms with Crippen LogP contribution in [0.15, 0.2) is 48.7 Å². The lowest BCUT2D eigenvalue weighted by Crippen LogP contribution is -2.54. The van der Waals surface area contributed by atoms with Crippen LogP contribution in [0.3, 0.4) is 0 Å². The Hall–Kier alpha value is -2.86. The van der Waals surface area contributed by atoms with Gasteiger partial charge in [-0.3, -0.25) is 4.79 Å². The zero-order chi connectivity index (χ0) is 21.4. The highest BCUT2D eigenvalue weighted by molar-refractivity contribution is 5.95. The standard InChI is InChI=1S/C25H27FN4O/c1-2-29(20-8-9-20)14-18-15-30(16-18)25(31)22-11-17(7-10-23(22)26)12-24-21-6-4-3-5-19(21)13-27-28-24/h3-7,10-11,13,18,20H,2,8-9,12,14-16H2,1H3.